The van der Waals surface area contributed by atoms with Crippen molar-refractivity contribution in [3.05, 3.63) is 71.8 Å². The summed E-state index contributed by atoms with van der Waals surface area (Å²) in [5.74, 6) is 1.67. The maximum atomic E-state index is 12.5. The summed E-state index contributed by atoms with van der Waals surface area (Å²) in [5.41, 5.74) is 4.56. The molecule has 0 unspecified atom stereocenters. The number of hydrogen-bond acceptors (Lipinski definition) is 7. The number of rotatable bonds is 6. The largest absolute Gasteiger partial charge is 0.508 e. The number of carbonyl (C=O) groups excluding carboxylic acids is 1. The highest BCUT2D eigenvalue weighted by molar-refractivity contribution is 7.22. The van der Waals surface area contributed by atoms with E-state index in [9.17, 15) is 9.90 Å². The van der Waals surface area contributed by atoms with Crippen LogP contribution in [-0.2, 0) is 11.2 Å². The first-order valence-electron chi connectivity index (χ1n) is 13.4. The highest BCUT2D eigenvalue weighted by atomic mass is 32.1. The highest BCUT2D eigenvalue weighted by Crippen LogP contribution is 2.42. The van der Waals surface area contributed by atoms with E-state index in [4.69, 9.17) is 14.2 Å². The second-order valence-electron chi connectivity index (χ2n) is 9.96. The lowest BCUT2D eigenvalue weighted by Gasteiger charge is -2.25. The number of aromatic hydroxyl groups is 1. The van der Waals surface area contributed by atoms with E-state index in [2.05, 4.69) is 23.1 Å². The molecule has 4 aromatic rings. The van der Waals surface area contributed by atoms with Crippen LogP contribution in [0.3, 0.4) is 0 Å². The van der Waals surface area contributed by atoms with Gasteiger partial charge in [-0.15, -0.1) is 11.3 Å². The summed E-state index contributed by atoms with van der Waals surface area (Å²) in [5, 5.41) is 11.3. The Hall–Kier alpha value is -3.75. The molecule has 202 valence electrons. The molecular formula is C31H32N2O5S. The molecule has 1 amide bonds. The number of amides is 1. The maximum absolute atomic E-state index is 12.5. The summed E-state index contributed by atoms with van der Waals surface area (Å²) in [6, 6.07) is 19.7. The van der Waals surface area contributed by atoms with Gasteiger partial charge in [0.25, 0.3) is 0 Å². The number of hydrogen-bond donors (Lipinski definition) is 1. The maximum Gasteiger partial charge on any atom is 0.415 e. The zero-order valence-electron chi connectivity index (χ0n) is 22.0. The Kier molecular flexibility index (Phi) is 7.30. The number of methoxy groups -OCH3 is 1. The summed E-state index contributed by atoms with van der Waals surface area (Å²) in [6.07, 6.45) is 2.81. The first-order chi connectivity index (χ1) is 19.1. The lowest BCUT2D eigenvalue weighted by Crippen LogP contribution is -2.42. The zero-order valence-corrected chi connectivity index (χ0v) is 22.8. The molecule has 8 heteroatoms. The summed E-state index contributed by atoms with van der Waals surface area (Å²) in [4.78, 5) is 17.7. The molecule has 1 N–H and O–H groups in total. The van der Waals surface area contributed by atoms with Gasteiger partial charge in [0.2, 0.25) is 0 Å². The van der Waals surface area contributed by atoms with Crippen LogP contribution in [0.1, 0.15) is 24.0 Å². The van der Waals surface area contributed by atoms with Crippen molar-refractivity contribution in [3.63, 3.8) is 0 Å². The second kappa shape index (κ2) is 11.2. The van der Waals surface area contributed by atoms with E-state index < -0.39 is 0 Å². The lowest BCUT2D eigenvalue weighted by molar-refractivity contribution is 0.0416. The number of carbonyl (C=O) groups is 1. The van der Waals surface area contributed by atoms with Gasteiger partial charge in [-0.05, 0) is 95.9 Å². The van der Waals surface area contributed by atoms with Crippen LogP contribution in [-0.4, -0.2) is 62.6 Å². The number of fused-ring (bicyclic) bond motifs is 1. The molecule has 1 aromatic heterocycles. The van der Waals surface area contributed by atoms with Crippen molar-refractivity contribution in [2.75, 3.05) is 51.4 Å². The van der Waals surface area contributed by atoms with Crippen molar-refractivity contribution in [2.45, 2.75) is 19.3 Å². The first kappa shape index (κ1) is 25.5. The number of morpholine rings is 1. The van der Waals surface area contributed by atoms with Gasteiger partial charge in [-0.3, -0.25) is 0 Å². The molecule has 2 fully saturated rings. The van der Waals surface area contributed by atoms with Gasteiger partial charge >= 0.3 is 6.09 Å². The summed E-state index contributed by atoms with van der Waals surface area (Å²) >= 11 is 1.66. The molecule has 2 aliphatic heterocycles. The summed E-state index contributed by atoms with van der Waals surface area (Å²) in [7, 11) is 1.74. The van der Waals surface area contributed by atoms with Crippen molar-refractivity contribution in [3.8, 4) is 27.7 Å². The minimum absolute atomic E-state index is 0.254. The zero-order chi connectivity index (χ0) is 26.8. The Morgan fingerprint density at radius 1 is 0.974 bits per heavy atom. The van der Waals surface area contributed by atoms with Gasteiger partial charge in [0.1, 0.15) is 17.2 Å². The predicted octanol–water partition coefficient (Wildman–Crippen LogP) is 6.30. The van der Waals surface area contributed by atoms with E-state index in [1.807, 2.05) is 36.4 Å². The van der Waals surface area contributed by atoms with Crippen LogP contribution in [0.2, 0.25) is 0 Å². The van der Waals surface area contributed by atoms with E-state index >= 15 is 0 Å². The number of phenols is 1. The predicted molar refractivity (Wildman–Crippen MR) is 155 cm³/mol. The van der Waals surface area contributed by atoms with Gasteiger partial charge < -0.3 is 29.1 Å². The fourth-order valence-corrected chi connectivity index (χ4v) is 6.65. The average Bonchev–Trinajstić information content (AvgIpc) is 3.62. The molecule has 3 aromatic carbocycles. The molecule has 6 rings (SSSR count). The number of anilines is 1. The van der Waals surface area contributed by atoms with Crippen LogP contribution in [0.4, 0.5) is 10.5 Å². The van der Waals surface area contributed by atoms with E-state index in [1.54, 1.807) is 29.4 Å². The Balaban J connectivity index is 1.30. The van der Waals surface area contributed by atoms with Crippen LogP contribution in [0.15, 0.2) is 60.7 Å². The van der Waals surface area contributed by atoms with Gasteiger partial charge in [-0.25, -0.2) is 4.79 Å². The van der Waals surface area contributed by atoms with Crippen LogP contribution in [0, 0.1) is 0 Å². The molecule has 0 bridgehead atoms. The number of benzene rings is 3. The Labute approximate surface area is 232 Å². The van der Waals surface area contributed by atoms with Crippen molar-refractivity contribution >= 4 is 33.2 Å². The third kappa shape index (κ3) is 5.40. The van der Waals surface area contributed by atoms with Gasteiger partial charge in [0.15, 0.2) is 0 Å². The van der Waals surface area contributed by atoms with E-state index in [0.29, 0.717) is 32.1 Å². The molecule has 39 heavy (non-hydrogen) atoms. The first-order valence-corrected chi connectivity index (χ1v) is 14.2. The topological polar surface area (TPSA) is 71.5 Å². The quantitative estimate of drug-likeness (QED) is 0.307. The van der Waals surface area contributed by atoms with Crippen molar-refractivity contribution in [1.29, 1.82) is 0 Å². The smallest absolute Gasteiger partial charge is 0.415 e. The van der Waals surface area contributed by atoms with E-state index in [0.717, 1.165) is 51.5 Å². The monoisotopic (exact) mass is 544 g/mol. The third-order valence-corrected chi connectivity index (χ3v) is 8.68. The van der Waals surface area contributed by atoms with E-state index in [1.165, 1.54) is 24.0 Å². The van der Waals surface area contributed by atoms with Gasteiger partial charge in [-0.2, -0.15) is 0 Å². The van der Waals surface area contributed by atoms with Crippen LogP contribution >= 0.6 is 11.3 Å². The Bertz CT molecular complexity index is 1470. The molecule has 3 heterocycles. The van der Waals surface area contributed by atoms with Crippen molar-refractivity contribution < 1.29 is 24.1 Å². The van der Waals surface area contributed by atoms with E-state index in [-0.39, 0.29) is 11.8 Å². The van der Waals surface area contributed by atoms with Crippen molar-refractivity contribution in [2.24, 2.45) is 0 Å². The molecule has 0 saturated carbocycles. The number of nitrogens with zero attached hydrogens (tertiary/aromatic N) is 2. The lowest BCUT2D eigenvalue weighted by atomic mass is 9.98. The van der Waals surface area contributed by atoms with Crippen molar-refractivity contribution in [1.82, 2.24) is 4.90 Å². The van der Waals surface area contributed by atoms with Crippen LogP contribution < -0.4 is 14.4 Å². The molecule has 0 atom stereocenters. The molecule has 0 spiro atoms. The summed E-state index contributed by atoms with van der Waals surface area (Å²) in [6.45, 7) is 4.28. The number of phenolic OH excluding ortho intramolecular Hbond substituents is 1. The fraction of sp³-hybridized carbons (Fsp3) is 0.323. The molecule has 0 aliphatic carbocycles. The second-order valence-corrected chi connectivity index (χ2v) is 11.0. The minimum atomic E-state index is -0.351. The van der Waals surface area contributed by atoms with Crippen LogP contribution in [0.5, 0.6) is 17.2 Å². The molecule has 0 radical (unpaired) electrons. The molecular weight excluding hydrogens is 512 g/mol. The summed E-state index contributed by atoms with van der Waals surface area (Å²) < 4.78 is 17.8. The Morgan fingerprint density at radius 2 is 1.74 bits per heavy atom. The van der Waals surface area contributed by atoms with Crippen LogP contribution in [0.25, 0.3) is 20.5 Å². The normalized spacial score (nSPS) is 15.6. The SMILES string of the molecule is COc1cc(Cc2c(-c3ccc(OC(=O)N4CCOCC4)cc3)sc3cc(O)ccc23)ccc1N1CCCC1. The van der Waals surface area contributed by atoms with Gasteiger partial charge in [0.05, 0.1) is 26.0 Å². The fourth-order valence-electron chi connectivity index (χ4n) is 5.39. The van der Waals surface area contributed by atoms with Gasteiger partial charge in [-0.1, -0.05) is 6.07 Å². The standard InChI is InChI=1S/C31H32N2O5S/c1-36-28-19-21(4-11-27(28)32-12-2-3-13-32)18-26-25-10-7-23(34)20-29(25)39-30(26)22-5-8-24(9-6-22)38-31(35)33-14-16-37-17-15-33/h4-11,19-20,34H,2-3,12-18H2,1H3. The molecule has 2 aliphatic rings. The number of ether oxygens (including phenoxy) is 3. The Morgan fingerprint density at radius 3 is 2.49 bits per heavy atom. The average molecular weight is 545 g/mol. The number of thiophene rings is 1. The minimum Gasteiger partial charge on any atom is -0.508 e. The molecule has 7 nitrogen and oxygen atoms in total. The molecule has 2 saturated heterocycles. The van der Waals surface area contributed by atoms with Gasteiger partial charge in [0, 0.05) is 35.8 Å². The highest BCUT2D eigenvalue weighted by Gasteiger charge is 2.21. The third-order valence-electron chi connectivity index (χ3n) is 7.44.